The van der Waals surface area contributed by atoms with E-state index in [0.717, 1.165) is 0 Å². The lowest BCUT2D eigenvalue weighted by molar-refractivity contribution is -0.119. The molecule has 7 heteroatoms. The van der Waals surface area contributed by atoms with Gasteiger partial charge in [0.15, 0.2) is 11.4 Å². The summed E-state index contributed by atoms with van der Waals surface area (Å²) in [7, 11) is 1.33. The number of halogens is 1. The van der Waals surface area contributed by atoms with Gasteiger partial charge in [-0.15, -0.1) is 0 Å². The maximum absolute atomic E-state index is 13.0. The van der Waals surface area contributed by atoms with Gasteiger partial charge in [0.25, 0.3) is 0 Å². The van der Waals surface area contributed by atoms with Crippen LogP contribution in [0.5, 0.6) is 5.75 Å². The topological polar surface area (TPSA) is 103 Å². The standard InChI is InChI=1S/C16H15FN2O4/c1-23-13-7-9(8-19-14(13)16(21)22)6-12(15(18)20)10-2-4-11(17)5-3-10/h2-5,7-8,12H,6H2,1H3,(H2,18,20)(H,21,22). The molecule has 0 fully saturated rings. The average molecular weight is 318 g/mol. The number of carboxylic acid groups (broad SMARTS) is 1. The van der Waals surface area contributed by atoms with E-state index in [1.807, 2.05) is 0 Å². The zero-order valence-corrected chi connectivity index (χ0v) is 12.3. The average Bonchev–Trinajstić information content (AvgIpc) is 2.53. The van der Waals surface area contributed by atoms with E-state index in [9.17, 15) is 14.0 Å². The molecular weight excluding hydrogens is 303 g/mol. The molecule has 1 aromatic carbocycles. The summed E-state index contributed by atoms with van der Waals surface area (Å²) >= 11 is 0. The summed E-state index contributed by atoms with van der Waals surface area (Å²) in [6, 6.07) is 6.97. The summed E-state index contributed by atoms with van der Waals surface area (Å²) in [6.07, 6.45) is 1.55. The van der Waals surface area contributed by atoms with Crippen LogP contribution < -0.4 is 10.5 Å². The van der Waals surface area contributed by atoms with Gasteiger partial charge in [-0.1, -0.05) is 12.1 Å². The van der Waals surface area contributed by atoms with Crippen LogP contribution in [-0.4, -0.2) is 29.1 Å². The first-order valence-electron chi connectivity index (χ1n) is 6.73. The van der Waals surface area contributed by atoms with Crippen LogP contribution in [0.4, 0.5) is 4.39 Å². The molecule has 0 spiro atoms. The number of ether oxygens (including phenoxy) is 1. The van der Waals surface area contributed by atoms with Crippen molar-refractivity contribution < 1.29 is 23.8 Å². The monoisotopic (exact) mass is 318 g/mol. The Balaban J connectivity index is 2.32. The number of nitrogens with two attached hydrogens (primary N) is 1. The zero-order valence-electron chi connectivity index (χ0n) is 12.3. The molecule has 0 radical (unpaired) electrons. The number of hydrogen-bond acceptors (Lipinski definition) is 4. The van der Waals surface area contributed by atoms with Gasteiger partial charge in [-0.3, -0.25) is 4.79 Å². The number of carbonyl (C=O) groups excluding carboxylic acids is 1. The summed E-state index contributed by atoms with van der Waals surface area (Å²) in [5.74, 6) is -2.78. The molecule has 0 aliphatic carbocycles. The van der Waals surface area contributed by atoms with E-state index in [2.05, 4.69) is 4.98 Å². The molecule has 1 unspecified atom stereocenters. The van der Waals surface area contributed by atoms with Crippen LogP contribution >= 0.6 is 0 Å². The predicted molar refractivity (Wildman–Crippen MR) is 79.8 cm³/mol. The van der Waals surface area contributed by atoms with E-state index in [1.54, 1.807) is 0 Å². The minimum Gasteiger partial charge on any atom is -0.494 e. The van der Waals surface area contributed by atoms with Crippen LogP contribution in [0.2, 0.25) is 0 Å². The summed E-state index contributed by atoms with van der Waals surface area (Å²) < 4.78 is 18.0. The van der Waals surface area contributed by atoms with Gasteiger partial charge in [-0.2, -0.15) is 0 Å². The molecule has 0 aliphatic rings. The molecule has 0 bridgehead atoms. The Morgan fingerprint density at radius 2 is 2.00 bits per heavy atom. The number of aromatic nitrogens is 1. The molecule has 120 valence electrons. The number of amides is 1. The second kappa shape index (κ2) is 6.87. The van der Waals surface area contributed by atoms with Crippen LogP contribution in [0.1, 0.15) is 27.5 Å². The zero-order chi connectivity index (χ0) is 17.0. The minimum atomic E-state index is -1.21. The van der Waals surface area contributed by atoms with Crippen molar-refractivity contribution in [2.24, 2.45) is 5.73 Å². The van der Waals surface area contributed by atoms with E-state index in [4.69, 9.17) is 15.6 Å². The van der Waals surface area contributed by atoms with E-state index >= 15 is 0 Å². The fraction of sp³-hybridized carbons (Fsp3) is 0.188. The maximum Gasteiger partial charge on any atom is 0.358 e. The van der Waals surface area contributed by atoms with Crippen LogP contribution in [0.15, 0.2) is 36.5 Å². The Labute approximate surface area is 131 Å². The smallest absolute Gasteiger partial charge is 0.358 e. The normalized spacial score (nSPS) is 11.7. The number of rotatable bonds is 6. The third kappa shape index (κ3) is 3.82. The Hall–Kier alpha value is -2.96. The molecule has 0 saturated carbocycles. The number of carboxylic acids is 1. The Bertz CT molecular complexity index is 731. The number of pyridine rings is 1. The second-order valence-electron chi connectivity index (χ2n) is 4.91. The van der Waals surface area contributed by atoms with Crippen LogP contribution in [0.3, 0.4) is 0 Å². The molecule has 23 heavy (non-hydrogen) atoms. The number of primary amides is 1. The largest absolute Gasteiger partial charge is 0.494 e. The fourth-order valence-corrected chi connectivity index (χ4v) is 2.23. The molecular formula is C16H15FN2O4. The molecule has 6 nitrogen and oxygen atoms in total. The molecule has 3 N–H and O–H groups in total. The van der Waals surface area contributed by atoms with E-state index < -0.39 is 23.6 Å². The van der Waals surface area contributed by atoms with Gasteiger partial charge in [-0.05, 0) is 35.7 Å². The van der Waals surface area contributed by atoms with Crippen molar-refractivity contribution >= 4 is 11.9 Å². The highest BCUT2D eigenvalue weighted by Crippen LogP contribution is 2.24. The van der Waals surface area contributed by atoms with E-state index in [-0.39, 0.29) is 17.9 Å². The summed E-state index contributed by atoms with van der Waals surface area (Å²) in [4.78, 5) is 26.6. The van der Waals surface area contributed by atoms with Crippen molar-refractivity contribution in [2.45, 2.75) is 12.3 Å². The molecule has 0 aliphatic heterocycles. The van der Waals surface area contributed by atoms with Crippen LogP contribution in [0.25, 0.3) is 0 Å². The molecule has 1 aromatic heterocycles. The molecule has 1 heterocycles. The van der Waals surface area contributed by atoms with Gasteiger partial charge in [-0.25, -0.2) is 14.2 Å². The summed E-state index contributed by atoms with van der Waals surface area (Å²) in [6.45, 7) is 0. The van der Waals surface area contributed by atoms with Gasteiger partial charge >= 0.3 is 5.97 Å². The van der Waals surface area contributed by atoms with Crippen molar-refractivity contribution in [1.82, 2.24) is 4.98 Å². The number of carbonyl (C=O) groups is 2. The lowest BCUT2D eigenvalue weighted by Crippen LogP contribution is -2.23. The number of aromatic carboxylic acids is 1. The molecule has 0 saturated heterocycles. The predicted octanol–water partition coefficient (Wildman–Crippen LogP) is 1.74. The van der Waals surface area contributed by atoms with Crippen molar-refractivity contribution in [1.29, 1.82) is 0 Å². The summed E-state index contributed by atoms with van der Waals surface area (Å²) in [5, 5.41) is 9.01. The molecule has 1 amide bonds. The minimum absolute atomic E-state index is 0.0947. The quantitative estimate of drug-likeness (QED) is 0.844. The fourth-order valence-electron chi connectivity index (χ4n) is 2.23. The van der Waals surface area contributed by atoms with Gasteiger partial charge in [0.05, 0.1) is 13.0 Å². The SMILES string of the molecule is COc1cc(CC(C(N)=O)c2ccc(F)cc2)cnc1C(=O)O. The van der Waals surface area contributed by atoms with Crippen molar-refractivity contribution in [3.63, 3.8) is 0 Å². The first-order chi connectivity index (χ1) is 10.9. The molecule has 1 atom stereocenters. The first kappa shape index (κ1) is 16.4. The highest BCUT2D eigenvalue weighted by atomic mass is 19.1. The third-order valence-corrected chi connectivity index (χ3v) is 3.39. The van der Waals surface area contributed by atoms with E-state index in [0.29, 0.717) is 11.1 Å². The van der Waals surface area contributed by atoms with Gasteiger partial charge in [0, 0.05) is 6.20 Å². The van der Waals surface area contributed by atoms with Gasteiger partial charge in [0.2, 0.25) is 5.91 Å². The van der Waals surface area contributed by atoms with Crippen molar-refractivity contribution in [3.8, 4) is 5.75 Å². The van der Waals surface area contributed by atoms with Gasteiger partial charge < -0.3 is 15.6 Å². The second-order valence-corrected chi connectivity index (χ2v) is 4.91. The summed E-state index contributed by atoms with van der Waals surface area (Å²) in [5.41, 5.74) is 6.36. The van der Waals surface area contributed by atoms with Gasteiger partial charge in [0.1, 0.15) is 5.82 Å². The maximum atomic E-state index is 13.0. The Morgan fingerprint density at radius 3 is 2.52 bits per heavy atom. The highest BCUT2D eigenvalue weighted by molar-refractivity contribution is 5.88. The van der Waals surface area contributed by atoms with Crippen molar-refractivity contribution in [2.75, 3.05) is 7.11 Å². The third-order valence-electron chi connectivity index (χ3n) is 3.39. The number of hydrogen-bond donors (Lipinski definition) is 2. The van der Waals surface area contributed by atoms with Crippen LogP contribution in [0, 0.1) is 5.82 Å². The molecule has 2 rings (SSSR count). The Kier molecular flexibility index (Phi) is 4.90. The number of nitrogens with zero attached hydrogens (tertiary/aromatic N) is 1. The van der Waals surface area contributed by atoms with Crippen LogP contribution in [-0.2, 0) is 11.2 Å². The van der Waals surface area contributed by atoms with E-state index in [1.165, 1.54) is 43.6 Å². The number of benzene rings is 1. The first-order valence-corrected chi connectivity index (χ1v) is 6.73. The number of methoxy groups -OCH3 is 1. The lowest BCUT2D eigenvalue weighted by Gasteiger charge is -2.15. The molecule has 2 aromatic rings. The Morgan fingerprint density at radius 1 is 1.35 bits per heavy atom. The van der Waals surface area contributed by atoms with Crippen molar-refractivity contribution in [3.05, 3.63) is 59.2 Å². The lowest BCUT2D eigenvalue weighted by atomic mass is 9.92. The highest BCUT2D eigenvalue weighted by Gasteiger charge is 2.20.